The van der Waals surface area contributed by atoms with Crippen LogP contribution in [-0.2, 0) is 24.3 Å². The number of hydrogen-bond donors (Lipinski definition) is 0. The van der Waals surface area contributed by atoms with Crippen LogP contribution in [0.25, 0.3) is 16.3 Å². The molecule has 8 heteroatoms. The standard InChI is InChI=1S/C23H31N5OSSi/c1-17-13-18(2)28-14-19(25-23(28)24-17)8-9-22-26-20(21-7-6-11-30-21)15-27(22)16-29-10-12-31(3,4)5/h6-7,11,13-15H,8-10,12,16H2,1-5H3. The second-order valence-corrected chi connectivity index (χ2v) is 15.8. The number of ether oxygens (including phenoxy) is 1. The van der Waals surface area contributed by atoms with Crippen molar-refractivity contribution in [2.45, 2.75) is 59.1 Å². The van der Waals surface area contributed by atoms with Crippen molar-refractivity contribution in [1.82, 2.24) is 23.9 Å². The van der Waals surface area contributed by atoms with Gasteiger partial charge in [0.05, 0.1) is 16.3 Å². The lowest BCUT2D eigenvalue weighted by atomic mass is 10.2. The Labute approximate surface area is 189 Å². The van der Waals surface area contributed by atoms with Gasteiger partial charge in [0.1, 0.15) is 12.6 Å². The zero-order valence-electron chi connectivity index (χ0n) is 19.1. The Morgan fingerprint density at radius 3 is 2.65 bits per heavy atom. The van der Waals surface area contributed by atoms with Crippen LogP contribution >= 0.6 is 11.3 Å². The van der Waals surface area contributed by atoms with Gasteiger partial charge < -0.3 is 9.30 Å². The second-order valence-electron chi connectivity index (χ2n) is 9.28. The molecule has 0 aliphatic carbocycles. The molecule has 0 aliphatic rings. The van der Waals surface area contributed by atoms with Gasteiger partial charge in [0.25, 0.3) is 0 Å². The van der Waals surface area contributed by atoms with Crippen LogP contribution in [0.15, 0.2) is 36.0 Å². The number of nitrogens with zero attached hydrogens (tertiary/aromatic N) is 5. The molecule has 164 valence electrons. The summed E-state index contributed by atoms with van der Waals surface area (Å²) in [6, 6.07) is 7.43. The summed E-state index contributed by atoms with van der Waals surface area (Å²) in [5.74, 6) is 1.80. The summed E-state index contributed by atoms with van der Waals surface area (Å²) in [5.41, 5.74) is 4.20. The van der Waals surface area contributed by atoms with Gasteiger partial charge >= 0.3 is 0 Å². The first-order valence-corrected chi connectivity index (χ1v) is 15.4. The summed E-state index contributed by atoms with van der Waals surface area (Å²) in [6.07, 6.45) is 5.84. The van der Waals surface area contributed by atoms with Crippen molar-refractivity contribution in [3.05, 3.63) is 58.9 Å². The molecular weight excluding hydrogens is 422 g/mol. The van der Waals surface area contributed by atoms with Gasteiger partial charge in [-0.3, -0.25) is 4.40 Å². The highest BCUT2D eigenvalue weighted by atomic mass is 32.1. The molecule has 0 atom stereocenters. The van der Waals surface area contributed by atoms with Crippen LogP contribution in [0, 0.1) is 13.8 Å². The molecule has 0 unspecified atom stereocenters. The van der Waals surface area contributed by atoms with Gasteiger partial charge in [-0.2, -0.15) is 0 Å². The summed E-state index contributed by atoms with van der Waals surface area (Å²) in [6.45, 7) is 12.6. The fraction of sp³-hybridized carbons (Fsp3) is 0.435. The van der Waals surface area contributed by atoms with E-state index in [0.717, 1.165) is 53.8 Å². The molecule has 6 nitrogen and oxygen atoms in total. The normalized spacial score (nSPS) is 12.2. The first-order valence-electron chi connectivity index (χ1n) is 10.8. The lowest BCUT2D eigenvalue weighted by Gasteiger charge is -2.16. The zero-order valence-corrected chi connectivity index (χ0v) is 20.9. The van der Waals surface area contributed by atoms with E-state index >= 15 is 0 Å². The molecule has 0 bridgehead atoms. The molecule has 31 heavy (non-hydrogen) atoms. The number of hydrogen-bond acceptors (Lipinski definition) is 5. The van der Waals surface area contributed by atoms with Gasteiger partial charge in [-0.25, -0.2) is 15.0 Å². The molecule has 0 fully saturated rings. The maximum Gasteiger partial charge on any atom is 0.234 e. The maximum absolute atomic E-state index is 6.03. The molecule has 0 N–H and O–H groups in total. The van der Waals surface area contributed by atoms with Crippen LogP contribution in [0.3, 0.4) is 0 Å². The third-order valence-electron chi connectivity index (χ3n) is 5.28. The van der Waals surface area contributed by atoms with E-state index in [2.05, 4.69) is 76.5 Å². The highest BCUT2D eigenvalue weighted by Crippen LogP contribution is 2.24. The lowest BCUT2D eigenvalue weighted by Crippen LogP contribution is -2.22. The van der Waals surface area contributed by atoms with Crippen molar-refractivity contribution >= 4 is 25.2 Å². The predicted molar refractivity (Wildman–Crippen MR) is 130 cm³/mol. The highest BCUT2D eigenvalue weighted by Gasteiger charge is 2.15. The molecule has 0 aliphatic heterocycles. The van der Waals surface area contributed by atoms with E-state index in [1.165, 1.54) is 10.9 Å². The predicted octanol–water partition coefficient (Wildman–Crippen LogP) is 5.37. The van der Waals surface area contributed by atoms with E-state index < -0.39 is 8.07 Å². The zero-order chi connectivity index (χ0) is 22.0. The molecule has 4 heterocycles. The van der Waals surface area contributed by atoms with Crippen LogP contribution in [0.4, 0.5) is 0 Å². The SMILES string of the molecule is Cc1cc(C)n2cc(CCc3nc(-c4cccs4)cn3COCC[Si](C)(C)C)nc2n1. The number of thiophene rings is 1. The number of imidazole rings is 2. The van der Waals surface area contributed by atoms with E-state index in [1.54, 1.807) is 11.3 Å². The number of rotatable bonds is 9. The number of aryl methyl sites for hydroxylation is 4. The van der Waals surface area contributed by atoms with Gasteiger partial charge in [-0.1, -0.05) is 25.7 Å². The van der Waals surface area contributed by atoms with Crippen molar-refractivity contribution < 1.29 is 4.74 Å². The van der Waals surface area contributed by atoms with Crippen LogP contribution in [0.2, 0.25) is 25.7 Å². The summed E-state index contributed by atoms with van der Waals surface area (Å²) in [4.78, 5) is 15.4. The first-order chi connectivity index (χ1) is 14.8. The van der Waals surface area contributed by atoms with Gasteiger partial charge in [0, 0.05) is 44.9 Å². The Balaban J connectivity index is 1.50. The Bertz CT molecular complexity index is 1160. The molecule has 0 amide bonds. The Hall–Kier alpha value is -2.29. The molecule has 0 spiro atoms. The second kappa shape index (κ2) is 9.06. The summed E-state index contributed by atoms with van der Waals surface area (Å²) in [5, 5.41) is 2.09. The topological polar surface area (TPSA) is 57.2 Å². The molecule has 4 rings (SSSR count). The lowest BCUT2D eigenvalue weighted by molar-refractivity contribution is 0.0851. The fourth-order valence-corrected chi connectivity index (χ4v) is 4.97. The molecule has 0 saturated carbocycles. The maximum atomic E-state index is 6.03. The Morgan fingerprint density at radius 1 is 1.06 bits per heavy atom. The molecule has 0 radical (unpaired) electrons. The molecule has 4 aromatic heterocycles. The van der Waals surface area contributed by atoms with Crippen molar-refractivity contribution in [2.24, 2.45) is 0 Å². The highest BCUT2D eigenvalue weighted by molar-refractivity contribution is 7.13. The minimum Gasteiger partial charge on any atom is -0.361 e. The molecule has 4 aromatic rings. The van der Waals surface area contributed by atoms with E-state index in [9.17, 15) is 0 Å². The molecule has 0 saturated heterocycles. The third-order valence-corrected chi connectivity index (χ3v) is 7.87. The van der Waals surface area contributed by atoms with Gasteiger partial charge in [0.2, 0.25) is 5.78 Å². The first kappa shape index (κ1) is 21.9. The quantitative estimate of drug-likeness (QED) is 0.253. The van der Waals surface area contributed by atoms with Gasteiger partial charge in [-0.05, 0) is 43.8 Å². The Kier molecular flexibility index (Phi) is 6.41. The summed E-state index contributed by atoms with van der Waals surface area (Å²) >= 11 is 1.72. The molecule has 0 aromatic carbocycles. The molecular formula is C23H31N5OSSi. The van der Waals surface area contributed by atoms with Crippen LogP contribution in [-0.4, -0.2) is 38.6 Å². The van der Waals surface area contributed by atoms with Gasteiger partial charge in [0.15, 0.2) is 0 Å². The van der Waals surface area contributed by atoms with Crippen LogP contribution in [0.5, 0.6) is 0 Å². The third kappa shape index (κ3) is 5.50. The van der Waals surface area contributed by atoms with Crippen molar-refractivity contribution in [3.63, 3.8) is 0 Å². The van der Waals surface area contributed by atoms with E-state index in [0.29, 0.717) is 6.73 Å². The largest absolute Gasteiger partial charge is 0.361 e. The van der Waals surface area contributed by atoms with Crippen molar-refractivity contribution in [3.8, 4) is 10.6 Å². The smallest absolute Gasteiger partial charge is 0.234 e. The Morgan fingerprint density at radius 2 is 1.90 bits per heavy atom. The van der Waals surface area contributed by atoms with Crippen molar-refractivity contribution in [2.75, 3.05) is 6.61 Å². The van der Waals surface area contributed by atoms with E-state index in [4.69, 9.17) is 14.7 Å². The van der Waals surface area contributed by atoms with Crippen molar-refractivity contribution in [1.29, 1.82) is 0 Å². The monoisotopic (exact) mass is 453 g/mol. The average Bonchev–Trinajstić information content (AvgIpc) is 3.41. The number of aromatic nitrogens is 5. The fourth-order valence-electron chi connectivity index (χ4n) is 3.53. The summed E-state index contributed by atoms with van der Waals surface area (Å²) < 4.78 is 10.2. The summed E-state index contributed by atoms with van der Waals surface area (Å²) in [7, 11) is -1.10. The number of fused-ring (bicyclic) bond motifs is 1. The van der Waals surface area contributed by atoms with Crippen LogP contribution < -0.4 is 0 Å². The average molecular weight is 454 g/mol. The van der Waals surface area contributed by atoms with Crippen LogP contribution in [0.1, 0.15) is 22.9 Å². The van der Waals surface area contributed by atoms with Gasteiger partial charge in [-0.15, -0.1) is 11.3 Å². The van der Waals surface area contributed by atoms with E-state index in [1.807, 2.05) is 6.92 Å². The minimum atomic E-state index is -1.10. The van der Waals surface area contributed by atoms with E-state index in [-0.39, 0.29) is 0 Å². The minimum absolute atomic E-state index is 0.545.